The highest BCUT2D eigenvalue weighted by atomic mass is 19.4. The van der Waals surface area contributed by atoms with E-state index in [1.165, 1.54) is 24.3 Å². The number of benzene rings is 2. The Bertz CT molecular complexity index is 782. The van der Waals surface area contributed by atoms with Gasteiger partial charge in [-0.15, -0.1) is 13.2 Å². The predicted molar refractivity (Wildman–Crippen MR) is 98.0 cm³/mol. The van der Waals surface area contributed by atoms with Gasteiger partial charge in [0.25, 0.3) is 0 Å². The van der Waals surface area contributed by atoms with Crippen molar-refractivity contribution in [2.24, 2.45) is 5.92 Å². The van der Waals surface area contributed by atoms with Gasteiger partial charge in [0.1, 0.15) is 11.5 Å². The SMILES string of the molecule is CN1CCC(C(=O)Nc2ccc(OC(F)(F)F)cc2)CC1Oc1ccccc1. The fraction of sp³-hybridized carbons (Fsp3) is 0.350. The molecule has 2 atom stereocenters. The van der Waals surface area contributed by atoms with Crippen LogP contribution in [0.5, 0.6) is 11.5 Å². The molecule has 2 aromatic rings. The topological polar surface area (TPSA) is 50.8 Å². The number of amides is 1. The average Bonchev–Trinajstić information content (AvgIpc) is 2.65. The van der Waals surface area contributed by atoms with Crippen LogP contribution in [-0.4, -0.2) is 37.0 Å². The Kier molecular flexibility index (Phi) is 6.08. The van der Waals surface area contributed by atoms with Crippen LogP contribution in [0.15, 0.2) is 54.6 Å². The second-order valence-corrected chi connectivity index (χ2v) is 6.65. The third kappa shape index (κ3) is 5.63. The van der Waals surface area contributed by atoms with E-state index >= 15 is 0 Å². The van der Waals surface area contributed by atoms with Crippen LogP contribution >= 0.6 is 0 Å². The molecule has 0 aliphatic carbocycles. The number of ether oxygens (including phenoxy) is 2. The molecule has 0 saturated carbocycles. The van der Waals surface area contributed by atoms with E-state index in [1.54, 1.807) is 0 Å². The van der Waals surface area contributed by atoms with Crippen molar-refractivity contribution in [3.63, 3.8) is 0 Å². The lowest BCUT2D eigenvalue weighted by Gasteiger charge is -2.36. The smallest absolute Gasteiger partial charge is 0.475 e. The van der Waals surface area contributed by atoms with Crippen LogP contribution in [0.3, 0.4) is 0 Å². The number of hydrogen-bond donors (Lipinski definition) is 1. The van der Waals surface area contributed by atoms with E-state index in [-0.39, 0.29) is 23.8 Å². The zero-order valence-electron chi connectivity index (χ0n) is 15.3. The minimum Gasteiger partial charge on any atom is -0.475 e. The lowest BCUT2D eigenvalue weighted by Crippen LogP contribution is -2.46. The van der Waals surface area contributed by atoms with Gasteiger partial charge in [-0.3, -0.25) is 9.69 Å². The van der Waals surface area contributed by atoms with Crippen molar-refractivity contribution in [3.8, 4) is 11.5 Å². The number of alkyl halides is 3. The third-order valence-electron chi connectivity index (χ3n) is 4.55. The lowest BCUT2D eigenvalue weighted by atomic mass is 9.94. The molecule has 3 rings (SSSR count). The summed E-state index contributed by atoms with van der Waals surface area (Å²) in [6, 6.07) is 14.5. The molecule has 1 amide bonds. The second-order valence-electron chi connectivity index (χ2n) is 6.65. The van der Waals surface area contributed by atoms with E-state index < -0.39 is 6.36 Å². The number of piperidine rings is 1. The van der Waals surface area contributed by atoms with Crippen molar-refractivity contribution in [2.75, 3.05) is 18.9 Å². The summed E-state index contributed by atoms with van der Waals surface area (Å²) in [5.41, 5.74) is 0.416. The first kappa shape index (κ1) is 20.0. The van der Waals surface area contributed by atoms with Gasteiger partial charge >= 0.3 is 6.36 Å². The summed E-state index contributed by atoms with van der Waals surface area (Å²) in [5, 5.41) is 2.75. The molecule has 1 aliphatic rings. The van der Waals surface area contributed by atoms with Crippen LogP contribution in [-0.2, 0) is 4.79 Å². The van der Waals surface area contributed by atoms with Crippen molar-refractivity contribution in [1.29, 1.82) is 0 Å². The number of carbonyl (C=O) groups excluding carboxylic acids is 1. The van der Waals surface area contributed by atoms with E-state index in [4.69, 9.17) is 4.74 Å². The van der Waals surface area contributed by atoms with Crippen LogP contribution in [0.25, 0.3) is 0 Å². The zero-order valence-corrected chi connectivity index (χ0v) is 15.3. The van der Waals surface area contributed by atoms with Gasteiger partial charge in [-0.25, -0.2) is 0 Å². The predicted octanol–water partition coefficient (Wildman–Crippen LogP) is 4.27. The quantitative estimate of drug-likeness (QED) is 0.823. The van der Waals surface area contributed by atoms with Crippen molar-refractivity contribution in [3.05, 3.63) is 54.6 Å². The maximum atomic E-state index is 12.6. The first-order valence-corrected chi connectivity index (χ1v) is 8.89. The van der Waals surface area contributed by atoms with E-state index in [0.29, 0.717) is 25.1 Å². The number of likely N-dealkylation sites (tertiary alicyclic amines) is 1. The molecule has 1 saturated heterocycles. The van der Waals surface area contributed by atoms with Crippen molar-refractivity contribution in [2.45, 2.75) is 25.4 Å². The Morgan fingerprint density at radius 3 is 2.39 bits per heavy atom. The highest BCUT2D eigenvalue weighted by Gasteiger charge is 2.32. The maximum Gasteiger partial charge on any atom is 0.573 e. The van der Waals surface area contributed by atoms with E-state index in [1.807, 2.05) is 37.4 Å². The normalized spacial score (nSPS) is 20.4. The molecule has 28 heavy (non-hydrogen) atoms. The molecule has 2 unspecified atom stereocenters. The number of hydrogen-bond acceptors (Lipinski definition) is 4. The number of nitrogens with one attached hydrogen (secondary N) is 1. The summed E-state index contributed by atoms with van der Waals surface area (Å²) in [6.45, 7) is 0.702. The van der Waals surface area contributed by atoms with Gasteiger partial charge in [0, 0.05) is 24.6 Å². The fourth-order valence-electron chi connectivity index (χ4n) is 3.06. The van der Waals surface area contributed by atoms with E-state index in [9.17, 15) is 18.0 Å². The van der Waals surface area contributed by atoms with Crippen LogP contribution in [0.1, 0.15) is 12.8 Å². The molecular weight excluding hydrogens is 373 g/mol. The van der Waals surface area contributed by atoms with Crippen LogP contribution in [0.4, 0.5) is 18.9 Å². The second kappa shape index (κ2) is 8.52. The van der Waals surface area contributed by atoms with Crippen LogP contribution < -0.4 is 14.8 Å². The van der Waals surface area contributed by atoms with E-state index in [2.05, 4.69) is 15.0 Å². The van der Waals surface area contributed by atoms with Gasteiger partial charge in [-0.1, -0.05) is 18.2 Å². The average molecular weight is 394 g/mol. The molecule has 0 radical (unpaired) electrons. The Balaban J connectivity index is 1.58. The van der Waals surface area contributed by atoms with Crippen molar-refractivity contribution in [1.82, 2.24) is 4.90 Å². The number of para-hydroxylation sites is 1. The summed E-state index contributed by atoms with van der Waals surface area (Å²) in [5.74, 6) is -0.0305. The zero-order chi connectivity index (χ0) is 20.1. The monoisotopic (exact) mass is 394 g/mol. The maximum absolute atomic E-state index is 12.6. The van der Waals surface area contributed by atoms with Gasteiger partial charge in [0.05, 0.1) is 0 Å². The van der Waals surface area contributed by atoms with Gasteiger partial charge < -0.3 is 14.8 Å². The summed E-state index contributed by atoms with van der Waals surface area (Å²) >= 11 is 0. The number of halogens is 3. The Morgan fingerprint density at radius 1 is 1.07 bits per heavy atom. The number of nitrogens with zero attached hydrogens (tertiary/aromatic N) is 1. The molecule has 0 spiro atoms. The Hall–Kier alpha value is -2.74. The standard InChI is InChI=1S/C20H21F3N2O3/c1-25-12-11-14(13-18(25)27-16-5-3-2-4-6-16)19(26)24-15-7-9-17(10-8-15)28-20(21,22)23/h2-10,14,18H,11-13H2,1H3,(H,24,26). The van der Waals surface area contributed by atoms with Crippen LogP contribution in [0.2, 0.25) is 0 Å². The molecule has 1 N–H and O–H groups in total. The van der Waals surface area contributed by atoms with Crippen molar-refractivity contribution < 1.29 is 27.4 Å². The molecule has 2 aromatic carbocycles. The summed E-state index contributed by atoms with van der Waals surface area (Å²) in [4.78, 5) is 14.6. The van der Waals surface area contributed by atoms with Gasteiger partial charge in [-0.05, 0) is 49.9 Å². The summed E-state index contributed by atoms with van der Waals surface area (Å²) < 4.78 is 46.4. The molecule has 0 bridgehead atoms. The molecule has 5 nitrogen and oxygen atoms in total. The third-order valence-corrected chi connectivity index (χ3v) is 4.55. The fourth-order valence-corrected chi connectivity index (χ4v) is 3.06. The van der Waals surface area contributed by atoms with Gasteiger partial charge in [0.2, 0.25) is 5.91 Å². The highest BCUT2D eigenvalue weighted by Crippen LogP contribution is 2.27. The number of anilines is 1. The lowest BCUT2D eigenvalue weighted by molar-refractivity contribution is -0.274. The minimum absolute atomic E-state index is 0.181. The molecule has 1 heterocycles. The van der Waals surface area contributed by atoms with Crippen LogP contribution in [0, 0.1) is 5.92 Å². The molecule has 1 aliphatic heterocycles. The Morgan fingerprint density at radius 2 is 1.75 bits per heavy atom. The van der Waals surface area contributed by atoms with E-state index in [0.717, 1.165) is 5.75 Å². The first-order valence-electron chi connectivity index (χ1n) is 8.89. The molecule has 1 fully saturated rings. The number of rotatable bonds is 5. The minimum atomic E-state index is -4.74. The van der Waals surface area contributed by atoms with Gasteiger partial charge in [0.15, 0.2) is 6.23 Å². The Labute approximate surface area is 161 Å². The summed E-state index contributed by atoms with van der Waals surface area (Å²) in [7, 11) is 1.95. The molecule has 0 aromatic heterocycles. The first-order chi connectivity index (χ1) is 13.3. The largest absolute Gasteiger partial charge is 0.573 e. The van der Waals surface area contributed by atoms with Gasteiger partial charge in [-0.2, -0.15) is 0 Å². The molecular formula is C20H21F3N2O3. The number of carbonyl (C=O) groups is 1. The van der Waals surface area contributed by atoms with Crippen molar-refractivity contribution >= 4 is 11.6 Å². The molecule has 150 valence electrons. The molecule has 8 heteroatoms. The summed E-state index contributed by atoms with van der Waals surface area (Å²) in [6.07, 6.45) is -3.78. The highest BCUT2D eigenvalue weighted by molar-refractivity contribution is 5.92.